The van der Waals surface area contributed by atoms with E-state index in [4.69, 9.17) is 5.11 Å². The van der Waals surface area contributed by atoms with E-state index in [2.05, 4.69) is 6.58 Å². The van der Waals surface area contributed by atoms with Crippen molar-refractivity contribution in [2.45, 2.75) is 0 Å². The minimum Gasteiger partial charge on any atom is -0.478 e. The zero-order valence-corrected chi connectivity index (χ0v) is 9.01. The first-order chi connectivity index (χ1) is 8.15. The van der Waals surface area contributed by atoms with Gasteiger partial charge >= 0.3 is 5.97 Å². The lowest BCUT2D eigenvalue weighted by Crippen LogP contribution is -2.02. The summed E-state index contributed by atoms with van der Waals surface area (Å²) in [7, 11) is 0. The Morgan fingerprint density at radius 2 is 1.88 bits per heavy atom. The van der Waals surface area contributed by atoms with E-state index < -0.39 is 5.97 Å². The fraction of sp³-hybridized carbons (Fsp3) is 0. The van der Waals surface area contributed by atoms with Crippen LogP contribution in [0.25, 0.3) is 16.3 Å². The van der Waals surface area contributed by atoms with E-state index in [1.807, 2.05) is 18.2 Å². The van der Waals surface area contributed by atoms with E-state index in [1.54, 1.807) is 18.2 Å². The summed E-state index contributed by atoms with van der Waals surface area (Å²) in [5.74, 6) is -1.12. The zero-order valence-electron chi connectivity index (χ0n) is 9.01. The molecule has 0 aliphatic heterocycles. The SMILES string of the molecule is C=C(C(=O)O)c1ccc2ccccc2c1C=O. The number of benzene rings is 2. The molecule has 0 heterocycles. The summed E-state index contributed by atoms with van der Waals surface area (Å²) in [5, 5.41) is 10.5. The second-order valence-corrected chi connectivity index (χ2v) is 3.65. The fourth-order valence-electron chi connectivity index (χ4n) is 1.80. The molecule has 0 atom stereocenters. The van der Waals surface area contributed by atoms with Crippen LogP contribution in [0.15, 0.2) is 43.0 Å². The number of carboxylic acids is 1. The first-order valence-electron chi connectivity index (χ1n) is 5.04. The van der Waals surface area contributed by atoms with Crippen LogP contribution in [0.5, 0.6) is 0 Å². The van der Waals surface area contributed by atoms with Gasteiger partial charge in [-0.1, -0.05) is 43.0 Å². The van der Waals surface area contributed by atoms with Crippen molar-refractivity contribution >= 4 is 28.6 Å². The molecule has 0 bridgehead atoms. The number of hydrogen-bond acceptors (Lipinski definition) is 2. The second kappa shape index (κ2) is 4.22. The van der Waals surface area contributed by atoms with Gasteiger partial charge in [0.15, 0.2) is 6.29 Å². The van der Waals surface area contributed by atoms with Crippen LogP contribution in [0, 0.1) is 0 Å². The number of rotatable bonds is 3. The molecule has 0 unspecified atom stereocenters. The highest BCUT2D eigenvalue weighted by Crippen LogP contribution is 2.25. The predicted molar refractivity (Wildman–Crippen MR) is 66.0 cm³/mol. The summed E-state index contributed by atoms with van der Waals surface area (Å²) in [6.45, 7) is 3.48. The molecule has 0 spiro atoms. The maximum atomic E-state index is 11.1. The van der Waals surface area contributed by atoms with Gasteiger partial charge in [-0.3, -0.25) is 4.79 Å². The molecular weight excluding hydrogens is 216 g/mol. The highest BCUT2D eigenvalue weighted by Gasteiger charge is 2.13. The van der Waals surface area contributed by atoms with E-state index >= 15 is 0 Å². The third-order valence-electron chi connectivity index (χ3n) is 2.67. The van der Waals surface area contributed by atoms with Gasteiger partial charge in [0.2, 0.25) is 0 Å². The van der Waals surface area contributed by atoms with E-state index in [-0.39, 0.29) is 5.57 Å². The van der Waals surface area contributed by atoms with Crippen molar-refractivity contribution in [3.63, 3.8) is 0 Å². The Hall–Kier alpha value is -2.42. The predicted octanol–water partition coefficient (Wildman–Crippen LogP) is 2.75. The van der Waals surface area contributed by atoms with Crippen LogP contribution >= 0.6 is 0 Å². The van der Waals surface area contributed by atoms with E-state index in [9.17, 15) is 9.59 Å². The van der Waals surface area contributed by atoms with Crippen LogP contribution in [0.4, 0.5) is 0 Å². The van der Waals surface area contributed by atoms with Crippen molar-refractivity contribution in [2.75, 3.05) is 0 Å². The molecule has 3 heteroatoms. The highest BCUT2D eigenvalue weighted by molar-refractivity contribution is 6.18. The van der Waals surface area contributed by atoms with Crippen molar-refractivity contribution in [1.29, 1.82) is 0 Å². The largest absolute Gasteiger partial charge is 0.478 e. The van der Waals surface area contributed by atoms with E-state index in [0.29, 0.717) is 17.4 Å². The van der Waals surface area contributed by atoms with Crippen LogP contribution < -0.4 is 0 Å². The van der Waals surface area contributed by atoms with Gasteiger partial charge in [-0.2, -0.15) is 0 Å². The van der Waals surface area contributed by atoms with Crippen molar-refractivity contribution in [3.8, 4) is 0 Å². The Balaban J connectivity index is 2.78. The summed E-state index contributed by atoms with van der Waals surface area (Å²) >= 11 is 0. The molecule has 3 nitrogen and oxygen atoms in total. The van der Waals surface area contributed by atoms with Crippen LogP contribution in [-0.4, -0.2) is 17.4 Å². The Bertz CT molecular complexity index is 626. The minimum atomic E-state index is -1.12. The van der Waals surface area contributed by atoms with Crippen molar-refractivity contribution in [2.24, 2.45) is 0 Å². The molecule has 0 radical (unpaired) electrons. The Morgan fingerprint density at radius 1 is 1.18 bits per heavy atom. The molecule has 0 aromatic heterocycles. The zero-order chi connectivity index (χ0) is 12.4. The topological polar surface area (TPSA) is 54.4 Å². The number of hydrogen-bond donors (Lipinski definition) is 1. The average Bonchev–Trinajstić information content (AvgIpc) is 2.36. The van der Waals surface area contributed by atoms with Gasteiger partial charge in [-0.25, -0.2) is 4.79 Å². The monoisotopic (exact) mass is 226 g/mol. The summed E-state index contributed by atoms with van der Waals surface area (Å²) in [6.07, 6.45) is 0.672. The van der Waals surface area contributed by atoms with Gasteiger partial charge in [0, 0.05) is 5.56 Å². The Morgan fingerprint density at radius 3 is 2.53 bits per heavy atom. The quantitative estimate of drug-likeness (QED) is 0.646. The normalized spacial score (nSPS) is 10.1. The smallest absolute Gasteiger partial charge is 0.335 e. The summed E-state index contributed by atoms with van der Waals surface area (Å²) in [5.41, 5.74) is 0.666. The molecule has 0 aliphatic carbocycles. The van der Waals surface area contributed by atoms with Crippen LogP contribution in [-0.2, 0) is 4.79 Å². The number of fused-ring (bicyclic) bond motifs is 1. The fourth-order valence-corrected chi connectivity index (χ4v) is 1.80. The average molecular weight is 226 g/mol. The number of carboxylic acid groups (broad SMARTS) is 1. The maximum Gasteiger partial charge on any atom is 0.335 e. The Labute approximate surface area is 98.0 Å². The lowest BCUT2D eigenvalue weighted by Gasteiger charge is -2.08. The molecule has 1 N–H and O–H groups in total. The molecule has 0 fully saturated rings. The minimum absolute atomic E-state index is 0.0714. The maximum absolute atomic E-state index is 11.1. The number of aldehydes is 1. The van der Waals surface area contributed by atoms with Gasteiger partial charge in [0.25, 0.3) is 0 Å². The third-order valence-corrected chi connectivity index (χ3v) is 2.67. The lowest BCUT2D eigenvalue weighted by molar-refractivity contribution is -0.130. The molecule has 2 aromatic carbocycles. The van der Waals surface area contributed by atoms with Crippen molar-refractivity contribution in [3.05, 3.63) is 54.1 Å². The van der Waals surface area contributed by atoms with Crippen LogP contribution in [0.2, 0.25) is 0 Å². The molecular formula is C14H10O3. The van der Waals surface area contributed by atoms with Crippen LogP contribution in [0.3, 0.4) is 0 Å². The number of aliphatic carboxylic acids is 1. The van der Waals surface area contributed by atoms with Gasteiger partial charge < -0.3 is 5.11 Å². The van der Waals surface area contributed by atoms with Crippen molar-refractivity contribution in [1.82, 2.24) is 0 Å². The lowest BCUT2D eigenvalue weighted by atomic mass is 9.95. The number of carbonyl (C=O) groups is 2. The first-order valence-corrected chi connectivity index (χ1v) is 5.04. The third kappa shape index (κ3) is 1.83. The molecule has 2 aromatic rings. The first kappa shape index (κ1) is 11.1. The molecule has 0 amide bonds. The van der Waals surface area contributed by atoms with Gasteiger partial charge in [0.05, 0.1) is 5.57 Å². The molecule has 17 heavy (non-hydrogen) atoms. The summed E-state index contributed by atoms with van der Waals surface area (Å²) in [4.78, 5) is 22.0. The second-order valence-electron chi connectivity index (χ2n) is 3.65. The van der Waals surface area contributed by atoms with Gasteiger partial charge in [0.1, 0.15) is 0 Å². The van der Waals surface area contributed by atoms with Crippen LogP contribution in [0.1, 0.15) is 15.9 Å². The van der Waals surface area contributed by atoms with Gasteiger partial charge in [-0.05, 0) is 16.3 Å². The van der Waals surface area contributed by atoms with E-state index in [0.717, 1.165) is 10.8 Å². The molecule has 0 saturated heterocycles. The number of carbonyl (C=O) groups excluding carboxylic acids is 1. The van der Waals surface area contributed by atoms with Gasteiger partial charge in [-0.15, -0.1) is 0 Å². The highest BCUT2D eigenvalue weighted by atomic mass is 16.4. The standard InChI is InChI=1S/C14H10O3/c1-9(14(16)17)11-7-6-10-4-2-3-5-12(10)13(11)8-15/h2-8H,1H2,(H,16,17). The van der Waals surface area contributed by atoms with Crippen molar-refractivity contribution < 1.29 is 14.7 Å². The summed E-state index contributed by atoms with van der Waals surface area (Å²) in [6, 6.07) is 10.7. The molecule has 84 valence electrons. The molecule has 2 rings (SSSR count). The van der Waals surface area contributed by atoms with E-state index in [1.165, 1.54) is 0 Å². The molecule has 0 aliphatic rings. The summed E-state index contributed by atoms with van der Waals surface area (Å²) < 4.78 is 0. The Kier molecular flexibility index (Phi) is 2.75. The molecule has 0 saturated carbocycles.